The van der Waals surface area contributed by atoms with E-state index < -0.39 is 0 Å². The van der Waals surface area contributed by atoms with Crippen molar-refractivity contribution in [2.45, 2.75) is 40.0 Å². The Kier molecular flexibility index (Phi) is 6.80. The highest BCUT2D eigenvalue weighted by molar-refractivity contribution is 5.76. The molecule has 0 saturated carbocycles. The Balaban J connectivity index is 2.18. The minimum absolute atomic E-state index is 0.329. The summed E-state index contributed by atoms with van der Waals surface area (Å²) in [4.78, 5) is 16.5. The number of hydrogen-bond donors (Lipinski definition) is 0. The summed E-state index contributed by atoms with van der Waals surface area (Å²) in [5.74, 6) is 0.329. The predicted octanol–water partition coefficient (Wildman–Crippen LogP) is 1.99. The Hall–Kier alpha value is -0.610. The molecule has 0 radical (unpaired) electrons. The average Bonchev–Trinajstić information content (AvgIpc) is 2.35. The van der Waals surface area contributed by atoms with Gasteiger partial charge in [-0.3, -0.25) is 9.69 Å². The third kappa shape index (κ3) is 6.92. The lowest BCUT2D eigenvalue weighted by Gasteiger charge is -2.34. The van der Waals surface area contributed by atoms with Crippen LogP contribution in [0, 0.1) is 5.41 Å². The molecule has 0 spiro atoms. The van der Waals surface area contributed by atoms with Crippen molar-refractivity contribution in [3.63, 3.8) is 0 Å². The van der Waals surface area contributed by atoms with E-state index in [4.69, 9.17) is 4.74 Å². The zero-order valence-corrected chi connectivity index (χ0v) is 13.1. The SMILES string of the molecule is COCCN1CCN(C(=O)CCCC(C)(C)C)CC1. The largest absolute Gasteiger partial charge is 0.383 e. The van der Waals surface area contributed by atoms with Gasteiger partial charge in [0.15, 0.2) is 0 Å². The molecule has 19 heavy (non-hydrogen) atoms. The minimum Gasteiger partial charge on any atom is -0.383 e. The van der Waals surface area contributed by atoms with Crippen LogP contribution < -0.4 is 0 Å². The normalized spacial score (nSPS) is 17.8. The number of ether oxygens (including phenoxy) is 1. The molecule has 0 atom stereocenters. The molecule has 0 bridgehead atoms. The van der Waals surface area contributed by atoms with E-state index in [-0.39, 0.29) is 0 Å². The highest BCUT2D eigenvalue weighted by atomic mass is 16.5. The van der Waals surface area contributed by atoms with E-state index >= 15 is 0 Å². The van der Waals surface area contributed by atoms with E-state index in [9.17, 15) is 4.79 Å². The fourth-order valence-electron chi connectivity index (χ4n) is 2.37. The summed E-state index contributed by atoms with van der Waals surface area (Å²) < 4.78 is 5.08. The third-order valence-electron chi connectivity index (χ3n) is 3.65. The smallest absolute Gasteiger partial charge is 0.222 e. The fourth-order valence-corrected chi connectivity index (χ4v) is 2.37. The molecule has 112 valence electrons. The first kappa shape index (κ1) is 16.4. The maximum Gasteiger partial charge on any atom is 0.222 e. The van der Waals surface area contributed by atoms with Gasteiger partial charge in [-0.1, -0.05) is 20.8 Å². The second-order valence-electron chi connectivity index (χ2n) is 6.63. The zero-order valence-electron chi connectivity index (χ0n) is 13.1. The summed E-state index contributed by atoms with van der Waals surface area (Å²) in [6.45, 7) is 12.1. The highest BCUT2D eigenvalue weighted by Crippen LogP contribution is 2.21. The van der Waals surface area contributed by atoms with Gasteiger partial charge in [0.05, 0.1) is 6.61 Å². The van der Waals surface area contributed by atoms with Gasteiger partial charge in [-0.15, -0.1) is 0 Å². The van der Waals surface area contributed by atoms with E-state index in [2.05, 4.69) is 25.7 Å². The van der Waals surface area contributed by atoms with Crippen molar-refractivity contribution in [3.05, 3.63) is 0 Å². The van der Waals surface area contributed by atoms with Gasteiger partial charge < -0.3 is 9.64 Å². The Morgan fingerprint density at radius 1 is 1.16 bits per heavy atom. The molecule has 0 aliphatic carbocycles. The second-order valence-corrected chi connectivity index (χ2v) is 6.63. The molecule has 1 heterocycles. The van der Waals surface area contributed by atoms with Crippen molar-refractivity contribution in [1.29, 1.82) is 0 Å². The van der Waals surface area contributed by atoms with Crippen LogP contribution in [0.4, 0.5) is 0 Å². The van der Waals surface area contributed by atoms with Gasteiger partial charge in [0.25, 0.3) is 0 Å². The molecule has 0 aromatic carbocycles. The molecule has 0 N–H and O–H groups in total. The van der Waals surface area contributed by atoms with Crippen LogP contribution in [0.3, 0.4) is 0 Å². The maximum atomic E-state index is 12.1. The molecule has 0 unspecified atom stereocenters. The van der Waals surface area contributed by atoms with Crippen LogP contribution in [0.25, 0.3) is 0 Å². The molecule has 1 aliphatic heterocycles. The van der Waals surface area contributed by atoms with E-state index in [1.807, 2.05) is 4.90 Å². The molecule has 1 amide bonds. The lowest BCUT2D eigenvalue weighted by atomic mass is 9.90. The Labute approximate surface area is 118 Å². The summed E-state index contributed by atoms with van der Waals surface area (Å²) in [7, 11) is 1.73. The maximum absolute atomic E-state index is 12.1. The summed E-state index contributed by atoms with van der Waals surface area (Å²) in [5.41, 5.74) is 0.332. The van der Waals surface area contributed by atoms with Crippen LogP contribution in [0.2, 0.25) is 0 Å². The third-order valence-corrected chi connectivity index (χ3v) is 3.65. The number of nitrogens with zero attached hydrogens (tertiary/aromatic N) is 2. The van der Waals surface area contributed by atoms with E-state index in [0.29, 0.717) is 17.7 Å². The second kappa shape index (κ2) is 7.85. The number of hydrogen-bond acceptors (Lipinski definition) is 3. The standard InChI is InChI=1S/C15H30N2O2/c1-15(2,3)7-5-6-14(18)17-10-8-16(9-11-17)12-13-19-4/h5-13H2,1-4H3. The molecule has 0 aromatic rings. The summed E-state index contributed by atoms with van der Waals surface area (Å²) >= 11 is 0. The number of carbonyl (C=O) groups is 1. The highest BCUT2D eigenvalue weighted by Gasteiger charge is 2.21. The molecule has 4 heteroatoms. The van der Waals surface area contributed by atoms with Crippen LogP contribution in [-0.4, -0.2) is 62.1 Å². The minimum atomic E-state index is 0.329. The van der Waals surface area contributed by atoms with Crippen molar-refractivity contribution in [2.24, 2.45) is 5.41 Å². The van der Waals surface area contributed by atoms with Crippen molar-refractivity contribution in [3.8, 4) is 0 Å². The first-order valence-corrected chi connectivity index (χ1v) is 7.41. The van der Waals surface area contributed by atoms with E-state index in [1.165, 1.54) is 0 Å². The molecule has 1 aliphatic rings. The predicted molar refractivity (Wildman–Crippen MR) is 78.2 cm³/mol. The molecular formula is C15H30N2O2. The van der Waals surface area contributed by atoms with Crippen LogP contribution in [0.5, 0.6) is 0 Å². The molecule has 1 fully saturated rings. The quantitative estimate of drug-likeness (QED) is 0.740. The van der Waals surface area contributed by atoms with Crippen LogP contribution in [0.1, 0.15) is 40.0 Å². The first-order chi connectivity index (χ1) is 8.92. The lowest BCUT2D eigenvalue weighted by Crippen LogP contribution is -2.49. The van der Waals surface area contributed by atoms with Gasteiger partial charge in [0.1, 0.15) is 0 Å². The Morgan fingerprint density at radius 3 is 2.32 bits per heavy atom. The molecule has 1 saturated heterocycles. The van der Waals surface area contributed by atoms with E-state index in [1.54, 1.807) is 7.11 Å². The van der Waals surface area contributed by atoms with Crippen LogP contribution >= 0.6 is 0 Å². The number of amides is 1. The summed E-state index contributed by atoms with van der Waals surface area (Å²) in [6.07, 6.45) is 2.83. The van der Waals surface area contributed by atoms with E-state index in [0.717, 1.165) is 52.2 Å². The van der Waals surface area contributed by atoms with Gasteiger partial charge in [0.2, 0.25) is 5.91 Å². The molecular weight excluding hydrogens is 240 g/mol. The van der Waals surface area contributed by atoms with Gasteiger partial charge in [0, 0.05) is 46.3 Å². The van der Waals surface area contributed by atoms with Gasteiger partial charge >= 0.3 is 0 Å². The van der Waals surface area contributed by atoms with Crippen molar-refractivity contribution in [2.75, 3.05) is 46.4 Å². The topological polar surface area (TPSA) is 32.8 Å². The Morgan fingerprint density at radius 2 is 1.79 bits per heavy atom. The zero-order chi connectivity index (χ0) is 14.3. The molecule has 1 rings (SSSR count). The summed E-state index contributed by atoms with van der Waals surface area (Å²) in [6, 6.07) is 0. The van der Waals surface area contributed by atoms with Crippen molar-refractivity contribution >= 4 is 5.91 Å². The van der Waals surface area contributed by atoms with Crippen LogP contribution in [-0.2, 0) is 9.53 Å². The fraction of sp³-hybridized carbons (Fsp3) is 0.933. The average molecular weight is 270 g/mol. The van der Waals surface area contributed by atoms with Crippen molar-refractivity contribution < 1.29 is 9.53 Å². The van der Waals surface area contributed by atoms with Gasteiger partial charge in [-0.25, -0.2) is 0 Å². The molecule has 0 aromatic heterocycles. The van der Waals surface area contributed by atoms with Gasteiger partial charge in [-0.2, -0.15) is 0 Å². The number of carbonyl (C=O) groups excluding carboxylic acids is 1. The van der Waals surface area contributed by atoms with Gasteiger partial charge in [-0.05, 0) is 18.3 Å². The first-order valence-electron chi connectivity index (χ1n) is 7.41. The Bertz CT molecular complexity index is 266. The lowest BCUT2D eigenvalue weighted by molar-refractivity contribution is -0.133. The summed E-state index contributed by atoms with van der Waals surface area (Å²) in [5, 5.41) is 0. The van der Waals surface area contributed by atoms with Crippen LogP contribution in [0.15, 0.2) is 0 Å². The monoisotopic (exact) mass is 270 g/mol. The number of methoxy groups -OCH3 is 1. The number of rotatable bonds is 6. The van der Waals surface area contributed by atoms with Crippen molar-refractivity contribution in [1.82, 2.24) is 9.80 Å². The number of piperazine rings is 1. The molecule has 4 nitrogen and oxygen atoms in total.